The molecule has 5 nitrogen and oxygen atoms in total. The summed E-state index contributed by atoms with van der Waals surface area (Å²) in [5.41, 5.74) is 0. The number of thioether (sulfide) groups is 1. The molecule has 3 rings (SSSR count). The van der Waals surface area contributed by atoms with E-state index in [9.17, 15) is 14.7 Å². The number of ether oxygens (including phenoxy) is 1. The van der Waals surface area contributed by atoms with E-state index in [0.29, 0.717) is 31.4 Å². The van der Waals surface area contributed by atoms with Gasteiger partial charge in [0.15, 0.2) is 0 Å². The number of likely N-dealkylation sites (tertiary alicyclic amines) is 1. The first kappa shape index (κ1) is 17.1. The zero-order valence-corrected chi connectivity index (χ0v) is 14.6. The van der Waals surface area contributed by atoms with Gasteiger partial charge in [0, 0.05) is 18.0 Å². The Labute approximate surface area is 146 Å². The highest BCUT2D eigenvalue weighted by Gasteiger charge is 2.46. The summed E-state index contributed by atoms with van der Waals surface area (Å²) in [7, 11) is 0. The summed E-state index contributed by atoms with van der Waals surface area (Å²) >= 11 is 1.48. The first-order valence-electron chi connectivity index (χ1n) is 8.44. The molecule has 1 heterocycles. The third kappa shape index (κ3) is 4.04. The Morgan fingerprint density at radius 3 is 2.54 bits per heavy atom. The van der Waals surface area contributed by atoms with Crippen molar-refractivity contribution in [2.24, 2.45) is 17.8 Å². The van der Waals surface area contributed by atoms with Crippen molar-refractivity contribution >= 4 is 23.6 Å². The molecule has 0 bridgehead atoms. The Balaban J connectivity index is 1.52. The van der Waals surface area contributed by atoms with E-state index in [1.807, 2.05) is 31.2 Å². The Bertz CT molecular complexity index is 600. The summed E-state index contributed by atoms with van der Waals surface area (Å²) in [5, 5.41) is 9.38. The van der Waals surface area contributed by atoms with Gasteiger partial charge in [0.25, 0.3) is 0 Å². The van der Waals surface area contributed by atoms with Crippen LogP contribution in [0.3, 0.4) is 0 Å². The lowest BCUT2D eigenvalue weighted by atomic mass is 9.92. The van der Waals surface area contributed by atoms with Crippen LogP contribution in [0.2, 0.25) is 0 Å². The van der Waals surface area contributed by atoms with Crippen molar-refractivity contribution in [3.63, 3.8) is 0 Å². The minimum absolute atomic E-state index is 0.0308. The molecule has 1 aromatic rings. The number of aliphatic carboxylic acids is 1. The van der Waals surface area contributed by atoms with Gasteiger partial charge < -0.3 is 14.7 Å². The Kier molecular flexibility index (Phi) is 5.33. The maximum Gasteiger partial charge on any atom is 0.308 e. The lowest BCUT2D eigenvalue weighted by Crippen LogP contribution is -2.31. The molecule has 1 saturated heterocycles. The van der Waals surface area contributed by atoms with E-state index in [-0.39, 0.29) is 11.8 Å². The van der Waals surface area contributed by atoms with Crippen molar-refractivity contribution in [3.8, 4) is 5.75 Å². The number of amides is 1. The summed E-state index contributed by atoms with van der Waals surface area (Å²) in [4.78, 5) is 26.6. The Morgan fingerprint density at radius 2 is 1.96 bits per heavy atom. The number of carboxylic acids is 1. The normalized spacial score (nSPS) is 23.3. The Hall–Kier alpha value is -1.69. The molecule has 2 atom stereocenters. The molecule has 0 radical (unpaired) electrons. The molecule has 1 N–H and O–H groups in total. The van der Waals surface area contributed by atoms with Crippen molar-refractivity contribution in [1.29, 1.82) is 0 Å². The first-order chi connectivity index (χ1) is 11.6. The van der Waals surface area contributed by atoms with Crippen LogP contribution < -0.4 is 4.74 Å². The highest BCUT2D eigenvalue weighted by Crippen LogP contribution is 2.44. The smallest absolute Gasteiger partial charge is 0.308 e. The molecule has 1 saturated carbocycles. The molecule has 0 unspecified atom stereocenters. The third-order valence-electron chi connectivity index (χ3n) is 4.76. The molecule has 130 valence electrons. The van der Waals surface area contributed by atoms with E-state index in [1.165, 1.54) is 11.8 Å². The average Bonchev–Trinajstić information content (AvgIpc) is 3.32. The fourth-order valence-corrected chi connectivity index (χ4v) is 4.13. The molecule has 2 aliphatic rings. The fourth-order valence-electron chi connectivity index (χ4n) is 3.33. The van der Waals surface area contributed by atoms with Gasteiger partial charge in [0.2, 0.25) is 5.91 Å². The van der Waals surface area contributed by atoms with Gasteiger partial charge in [-0.3, -0.25) is 9.59 Å². The third-order valence-corrected chi connectivity index (χ3v) is 5.76. The topological polar surface area (TPSA) is 66.8 Å². The highest BCUT2D eigenvalue weighted by molar-refractivity contribution is 8.00. The monoisotopic (exact) mass is 349 g/mol. The van der Waals surface area contributed by atoms with Crippen LogP contribution in [0.15, 0.2) is 29.2 Å². The summed E-state index contributed by atoms with van der Waals surface area (Å²) in [6.07, 6.45) is 2.22. The zero-order chi connectivity index (χ0) is 17.1. The van der Waals surface area contributed by atoms with Crippen molar-refractivity contribution in [3.05, 3.63) is 24.3 Å². The van der Waals surface area contributed by atoms with Gasteiger partial charge in [0.05, 0.1) is 18.3 Å². The number of carboxylic acid groups (broad SMARTS) is 1. The second kappa shape index (κ2) is 7.47. The van der Waals surface area contributed by atoms with Crippen molar-refractivity contribution in [2.75, 3.05) is 25.4 Å². The summed E-state index contributed by atoms with van der Waals surface area (Å²) in [5.74, 6) is 0.688. The standard InChI is InChI=1S/C18H23NO4S/c1-2-23-13-5-7-14(8-6-13)24-11-17(20)19-9-15(12-3-4-12)16(10-19)18(21)22/h5-8,12,15-16H,2-4,9-11H2,1H3,(H,21,22)/t15-,16+/m1/s1. The second-order valence-electron chi connectivity index (χ2n) is 6.44. The molecule has 1 aromatic carbocycles. The number of carbonyl (C=O) groups is 2. The molecular weight excluding hydrogens is 326 g/mol. The molecular formula is C18H23NO4S. The maximum absolute atomic E-state index is 12.4. The summed E-state index contributed by atoms with van der Waals surface area (Å²) in [6.45, 7) is 3.53. The van der Waals surface area contributed by atoms with Crippen LogP contribution in [-0.4, -0.2) is 47.3 Å². The van der Waals surface area contributed by atoms with Crippen LogP contribution in [0.4, 0.5) is 0 Å². The average molecular weight is 349 g/mol. The summed E-state index contributed by atoms with van der Waals surface area (Å²) in [6, 6.07) is 7.69. The van der Waals surface area contributed by atoms with Crippen LogP contribution >= 0.6 is 11.8 Å². The predicted molar refractivity (Wildman–Crippen MR) is 92.3 cm³/mol. The van der Waals surface area contributed by atoms with Crippen molar-refractivity contribution in [2.45, 2.75) is 24.7 Å². The molecule has 0 aromatic heterocycles. The van der Waals surface area contributed by atoms with Gasteiger partial charge in [-0.1, -0.05) is 0 Å². The molecule has 24 heavy (non-hydrogen) atoms. The van der Waals surface area contributed by atoms with E-state index in [4.69, 9.17) is 4.74 Å². The quantitative estimate of drug-likeness (QED) is 0.767. The summed E-state index contributed by atoms with van der Waals surface area (Å²) < 4.78 is 5.40. The van der Waals surface area contributed by atoms with Crippen LogP contribution in [0.25, 0.3) is 0 Å². The van der Waals surface area contributed by atoms with Crippen LogP contribution in [0.5, 0.6) is 5.75 Å². The zero-order valence-electron chi connectivity index (χ0n) is 13.8. The lowest BCUT2D eigenvalue weighted by molar-refractivity contribution is -0.142. The predicted octanol–water partition coefficient (Wildman–Crippen LogP) is 2.75. The number of carbonyl (C=O) groups excluding carboxylic acids is 1. The number of nitrogens with zero attached hydrogens (tertiary/aromatic N) is 1. The van der Waals surface area contributed by atoms with E-state index in [0.717, 1.165) is 23.5 Å². The van der Waals surface area contributed by atoms with Gasteiger partial charge >= 0.3 is 5.97 Å². The Morgan fingerprint density at radius 1 is 1.25 bits per heavy atom. The van der Waals surface area contributed by atoms with Crippen LogP contribution in [0, 0.1) is 17.8 Å². The highest BCUT2D eigenvalue weighted by atomic mass is 32.2. The van der Waals surface area contributed by atoms with Crippen LogP contribution in [0.1, 0.15) is 19.8 Å². The number of hydrogen-bond acceptors (Lipinski definition) is 4. The van der Waals surface area contributed by atoms with Gasteiger partial charge in [-0.05, 0) is 55.9 Å². The van der Waals surface area contributed by atoms with Crippen LogP contribution in [-0.2, 0) is 9.59 Å². The van der Waals surface area contributed by atoms with Gasteiger partial charge in [-0.25, -0.2) is 0 Å². The molecule has 6 heteroatoms. The number of rotatable bonds is 7. The SMILES string of the molecule is CCOc1ccc(SCC(=O)N2C[C@H](C(=O)O)[C@@H](C3CC3)C2)cc1. The van der Waals surface area contributed by atoms with E-state index in [2.05, 4.69) is 0 Å². The van der Waals surface area contributed by atoms with Crippen molar-refractivity contribution < 1.29 is 19.4 Å². The maximum atomic E-state index is 12.4. The largest absolute Gasteiger partial charge is 0.494 e. The van der Waals surface area contributed by atoms with E-state index >= 15 is 0 Å². The minimum Gasteiger partial charge on any atom is -0.494 e. The van der Waals surface area contributed by atoms with Gasteiger partial charge in [-0.15, -0.1) is 11.8 Å². The van der Waals surface area contributed by atoms with Gasteiger partial charge in [-0.2, -0.15) is 0 Å². The molecule has 0 spiro atoms. The first-order valence-corrected chi connectivity index (χ1v) is 9.43. The van der Waals surface area contributed by atoms with E-state index in [1.54, 1.807) is 4.90 Å². The van der Waals surface area contributed by atoms with Crippen molar-refractivity contribution in [1.82, 2.24) is 4.90 Å². The van der Waals surface area contributed by atoms with Gasteiger partial charge in [0.1, 0.15) is 5.75 Å². The molecule has 2 fully saturated rings. The fraction of sp³-hybridized carbons (Fsp3) is 0.556. The second-order valence-corrected chi connectivity index (χ2v) is 7.49. The lowest BCUT2D eigenvalue weighted by Gasteiger charge is -2.16. The molecule has 1 amide bonds. The molecule has 1 aliphatic carbocycles. The number of hydrogen-bond donors (Lipinski definition) is 1. The minimum atomic E-state index is -0.763. The van der Waals surface area contributed by atoms with E-state index < -0.39 is 11.9 Å². The molecule has 1 aliphatic heterocycles. The number of benzene rings is 1.